The summed E-state index contributed by atoms with van der Waals surface area (Å²) in [5, 5.41) is 2.80. The van der Waals surface area contributed by atoms with Crippen molar-refractivity contribution in [2.75, 3.05) is 151 Å². The quantitative estimate of drug-likeness (QED) is 0.0647. The fraction of sp³-hybridized carbons (Fsp3) is 0.308. The largest absolute Gasteiger partial charge is 0.493 e. The predicted octanol–water partition coefficient (Wildman–Crippen LogP) is 11.5. The van der Waals surface area contributed by atoms with Crippen LogP contribution in [0.5, 0.6) is 51.7 Å². The van der Waals surface area contributed by atoms with E-state index in [1.165, 1.54) is 5.56 Å². The predicted molar refractivity (Wildman–Crippen MR) is 404 cm³/mol. The number of methoxy groups -OCH3 is 6. The zero-order valence-electron chi connectivity index (χ0n) is 60.3. The molecule has 2 atom stereocenters. The van der Waals surface area contributed by atoms with Crippen molar-refractivity contribution in [2.45, 2.75) is 39.6 Å². The Hall–Kier alpha value is -12.4. The van der Waals surface area contributed by atoms with Crippen molar-refractivity contribution in [3.63, 3.8) is 0 Å². The number of rotatable bonds is 21. The summed E-state index contributed by atoms with van der Waals surface area (Å²) in [5.41, 5.74) is 7.04. The third-order valence-corrected chi connectivity index (χ3v) is 18.6. The van der Waals surface area contributed by atoms with E-state index in [-0.39, 0.29) is 12.2 Å². The highest BCUT2D eigenvalue weighted by Gasteiger charge is 2.27. The van der Waals surface area contributed by atoms with E-state index >= 15 is 0 Å². The second-order valence-corrected chi connectivity index (χ2v) is 24.9. The molecule has 0 aliphatic carbocycles. The van der Waals surface area contributed by atoms with Gasteiger partial charge in [0.1, 0.15) is 55.3 Å². The molecule has 3 saturated heterocycles. The number of ether oxygens (including phenoxy) is 9. The van der Waals surface area contributed by atoms with Crippen LogP contribution in [0.3, 0.4) is 0 Å². The Morgan fingerprint density at radius 2 is 0.610 bits per heavy atom. The maximum Gasteiger partial charge on any atom is 0.225 e. The van der Waals surface area contributed by atoms with Gasteiger partial charge in [-0.15, -0.1) is 0 Å². The van der Waals surface area contributed by atoms with Crippen LogP contribution in [0.2, 0.25) is 0 Å². The molecule has 0 amide bonds. The molecular weight excluding hydrogens is 1330 g/mol. The summed E-state index contributed by atoms with van der Waals surface area (Å²) in [6.07, 6.45) is 15.1. The second-order valence-electron chi connectivity index (χ2n) is 24.9. The summed E-state index contributed by atoms with van der Waals surface area (Å²) in [6.45, 7) is 16.0. The molecule has 0 bridgehead atoms. The van der Waals surface area contributed by atoms with Crippen molar-refractivity contribution < 1.29 is 42.6 Å². The van der Waals surface area contributed by atoms with Crippen LogP contribution in [0.15, 0.2) is 177 Å². The first-order valence-corrected chi connectivity index (χ1v) is 34.6. The molecule has 12 aromatic rings. The Labute approximate surface area is 609 Å². The Kier molecular flexibility index (Phi) is 22.7. The average molecular weight is 1420 g/mol. The molecule has 0 spiro atoms. The number of piperazine rings is 3. The van der Waals surface area contributed by atoms with Crippen molar-refractivity contribution in [1.29, 1.82) is 0 Å². The zero-order valence-corrected chi connectivity index (χ0v) is 60.3. The van der Waals surface area contributed by atoms with E-state index in [0.717, 1.165) is 145 Å². The number of aryl methyl sites for hydroxylation is 1. The smallest absolute Gasteiger partial charge is 0.225 e. The summed E-state index contributed by atoms with van der Waals surface area (Å²) < 4.78 is 50.6. The molecule has 0 N–H and O–H groups in total. The van der Waals surface area contributed by atoms with E-state index in [0.29, 0.717) is 76.2 Å². The van der Waals surface area contributed by atoms with Crippen LogP contribution in [0.1, 0.15) is 48.3 Å². The molecule has 3 aliphatic rings. The van der Waals surface area contributed by atoms with Crippen molar-refractivity contribution in [1.82, 2.24) is 59.8 Å². The van der Waals surface area contributed by atoms with Crippen molar-refractivity contribution in [3.8, 4) is 51.7 Å². The van der Waals surface area contributed by atoms with E-state index in [4.69, 9.17) is 42.6 Å². The van der Waals surface area contributed by atoms with Crippen LogP contribution in [0, 0.1) is 6.92 Å². The number of benzene rings is 6. The topological polar surface area (TPSA) is 257 Å². The van der Waals surface area contributed by atoms with Crippen molar-refractivity contribution in [2.24, 2.45) is 0 Å². The maximum absolute atomic E-state index is 6.01. The Morgan fingerprint density at radius 1 is 0.324 bits per heavy atom. The average Bonchev–Trinajstić information content (AvgIpc) is 0.792. The van der Waals surface area contributed by atoms with Gasteiger partial charge in [-0.2, -0.15) is 0 Å². The van der Waals surface area contributed by atoms with Gasteiger partial charge < -0.3 is 72.0 Å². The van der Waals surface area contributed by atoms with Crippen LogP contribution in [0.25, 0.3) is 32.7 Å². The van der Waals surface area contributed by atoms with Gasteiger partial charge in [0.15, 0.2) is 51.7 Å². The van der Waals surface area contributed by atoms with Gasteiger partial charge in [0.05, 0.1) is 96.4 Å². The molecule has 0 radical (unpaired) electrons. The van der Waals surface area contributed by atoms with E-state index in [9.17, 15) is 0 Å². The molecule has 0 saturated carbocycles. The first kappa shape index (κ1) is 71.0. The second kappa shape index (κ2) is 33.6. The van der Waals surface area contributed by atoms with Crippen molar-refractivity contribution in [3.05, 3.63) is 200 Å². The highest BCUT2D eigenvalue weighted by atomic mass is 16.5. The van der Waals surface area contributed by atoms with Gasteiger partial charge in [0, 0.05) is 113 Å². The van der Waals surface area contributed by atoms with Gasteiger partial charge in [-0.1, -0.05) is 84.9 Å². The molecule has 6 aromatic heterocycles. The molecule has 3 fully saturated rings. The summed E-state index contributed by atoms with van der Waals surface area (Å²) in [5.74, 6) is 10.6. The van der Waals surface area contributed by atoms with Gasteiger partial charge in [-0.05, 0) is 61.2 Å². The lowest BCUT2D eigenvalue weighted by Crippen LogP contribution is -2.47. The highest BCUT2D eigenvalue weighted by Crippen LogP contribution is 2.39. The number of hydrogen-bond donors (Lipinski definition) is 0. The first-order chi connectivity index (χ1) is 51.5. The third-order valence-electron chi connectivity index (χ3n) is 18.6. The lowest BCUT2D eigenvalue weighted by Gasteiger charge is -2.35. The number of anilines is 6. The summed E-state index contributed by atoms with van der Waals surface area (Å²) in [6, 6.07) is 39.9. The third kappa shape index (κ3) is 16.7. The fourth-order valence-corrected chi connectivity index (χ4v) is 12.8. The molecule has 15 rings (SSSR count). The van der Waals surface area contributed by atoms with Crippen LogP contribution in [-0.4, -0.2) is 181 Å². The minimum absolute atomic E-state index is 0.0736. The van der Waals surface area contributed by atoms with Crippen LogP contribution in [0.4, 0.5) is 35.3 Å². The van der Waals surface area contributed by atoms with Gasteiger partial charge in [0.2, 0.25) is 17.8 Å². The molecule has 6 aromatic carbocycles. The van der Waals surface area contributed by atoms with E-state index in [1.54, 1.807) is 98.8 Å². The molecule has 540 valence electrons. The van der Waals surface area contributed by atoms with Gasteiger partial charge in [-0.25, -0.2) is 59.8 Å². The van der Waals surface area contributed by atoms with Gasteiger partial charge >= 0.3 is 0 Å². The number of hydrogen-bond acceptors (Lipinski definition) is 27. The van der Waals surface area contributed by atoms with E-state index in [1.807, 2.05) is 123 Å². The van der Waals surface area contributed by atoms with E-state index < -0.39 is 0 Å². The molecule has 27 heteroatoms. The maximum atomic E-state index is 6.01. The molecule has 105 heavy (non-hydrogen) atoms. The minimum atomic E-state index is -0.0736. The van der Waals surface area contributed by atoms with Crippen LogP contribution >= 0.6 is 0 Å². The van der Waals surface area contributed by atoms with Gasteiger partial charge in [-0.3, -0.25) is 0 Å². The number of fused-ring (bicyclic) bond motifs is 3. The standard InChI is InChI=1S/3C26H28N6O3/c1-18-6-4-5-7-19(18)16-35-20-14-27-26(28-15-20)32-10-8-31(9-11-32)25-21-12-23(33-2)24(34-3)13-22(21)29-17-30-25;2*1-18(19-7-5-4-6-8-19)35-20-15-27-26(28-16-20)32-11-9-31(10-12-32)25-21-13-23(33-2)24(34-3)14-22(21)29-17-30-25/h4-7,12-15,17H,8-11,16H2,1-3H3;2*4-8,13-18H,9-12H2,1-3H3/t;18-;/m.0./s1. The Balaban J connectivity index is 0.000000140. The molecule has 9 heterocycles. The van der Waals surface area contributed by atoms with Crippen molar-refractivity contribution >= 4 is 68.0 Å². The zero-order chi connectivity index (χ0) is 72.6. The molecule has 1 unspecified atom stereocenters. The molecular formula is C78H84N18O9. The Morgan fingerprint density at radius 3 is 0.924 bits per heavy atom. The minimum Gasteiger partial charge on any atom is -0.493 e. The summed E-state index contributed by atoms with van der Waals surface area (Å²) in [4.78, 5) is 67.6. The normalized spacial score (nSPS) is 14.3. The summed E-state index contributed by atoms with van der Waals surface area (Å²) >= 11 is 0. The molecule has 3 aliphatic heterocycles. The number of aromatic nitrogens is 12. The first-order valence-electron chi connectivity index (χ1n) is 34.6. The van der Waals surface area contributed by atoms with E-state index in [2.05, 4.69) is 108 Å². The number of nitrogens with zero attached hydrogens (tertiary/aromatic N) is 18. The molecule has 27 nitrogen and oxygen atoms in total. The monoisotopic (exact) mass is 1420 g/mol. The SMILES string of the molecule is COc1cc2ncnc(N3CCN(c4ncc(OC(C)c5ccccc5)cn4)CC3)c2cc1OC.COc1cc2ncnc(N3CCN(c4ncc(OCc5ccccc5C)cn4)CC3)c2cc1OC.COc1cc2ncnc(N3CCN(c4ncc(O[C@@H](C)c5ccccc5)cn4)CC3)c2cc1OC. The lowest BCUT2D eigenvalue weighted by atomic mass is 10.1. The highest BCUT2D eigenvalue weighted by molar-refractivity contribution is 5.94. The van der Waals surface area contributed by atoms with Crippen LogP contribution < -0.4 is 72.0 Å². The fourth-order valence-electron chi connectivity index (χ4n) is 12.8. The Bertz CT molecular complexity index is 4620. The lowest BCUT2D eigenvalue weighted by molar-refractivity contribution is 0.225. The van der Waals surface area contributed by atoms with Gasteiger partial charge in [0.25, 0.3) is 0 Å². The van der Waals surface area contributed by atoms with Crippen LogP contribution in [-0.2, 0) is 6.61 Å². The summed E-state index contributed by atoms with van der Waals surface area (Å²) in [7, 11) is 9.75.